The summed E-state index contributed by atoms with van der Waals surface area (Å²) in [6.45, 7) is 1.81. The largest absolute Gasteiger partial charge is 0.469 e. The fourth-order valence-corrected chi connectivity index (χ4v) is 0.965. The summed E-state index contributed by atoms with van der Waals surface area (Å²) in [6, 6.07) is 3.61. The maximum absolute atomic E-state index is 11.1. The molecule has 1 aromatic rings. The summed E-state index contributed by atoms with van der Waals surface area (Å²) < 4.78 is 4.61. The summed E-state index contributed by atoms with van der Waals surface area (Å²) in [6.07, 6.45) is 3.32. The molecular formula is C9H11NO2. The molecule has 0 saturated heterocycles. The predicted molar refractivity (Wildman–Crippen MR) is 44.7 cm³/mol. The molecule has 0 aliphatic carbocycles. The monoisotopic (exact) mass is 165 g/mol. The topological polar surface area (TPSA) is 39.2 Å². The Hall–Kier alpha value is -1.38. The van der Waals surface area contributed by atoms with Crippen molar-refractivity contribution in [3.8, 4) is 0 Å². The van der Waals surface area contributed by atoms with Crippen LogP contribution in [-0.2, 0) is 9.53 Å². The van der Waals surface area contributed by atoms with Crippen LogP contribution in [0, 0.1) is 0 Å². The highest BCUT2D eigenvalue weighted by Gasteiger charge is 2.14. The van der Waals surface area contributed by atoms with E-state index in [0.29, 0.717) is 0 Å². The highest BCUT2D eigenvalue weighted by molar-refractivity contribution is 5.77. The van der Waals surface area contributed by atoms with Gasteiger partial charge in [0, 0.05) is 12.4 Å². The van der Waals surface area contributed by atoms with Gasteiger partial charge in [-0.2, -0.15) is 0 Å². The smallest absolute Gasteiger partial charge is 0.312 e. The van der Waals surface area contributed by atoms with Crippen molar-refractivity contribution in [2.45, 2.75) is 12.8 Å². The number of ether oxygens (including phenoxy) is 1. The number of methoxy groups -OCH3 is 1. The first kappa shape index (κ1) is 8.71. The average Bonchev–Trinajstić information content (AvgIpc) is 2.17. The molecule has 1 atom stereocenters. The fraction of sp³-hybridized carbons (Fsp3) is 0.333. The van der Waals surface area contributed by atoms with Crippen molar-refractivity contribution in [2.75, 3.05) is 7.11 Å². The van der Waals surface area contributed by atoms with Crippen molar-refractivity contribution in [2.24, 2.45) is 0 Å². The molecule has 0 N–H and O–H groups in total. The van der Waals surface area contributed by atoms with E-state index in [1.54, 1.807) is 19.3 Å². The molecule has 0 bridgehead atoms. The van der Waals surface area contributed by atoms with E-state index < -0.39 is 0 Å². The molecule has 3 nitrogen and oxygen atoms in total. The van der Waals surface area contributed by atoms with E-state index in [1.165, 1.54) is 7.11 Å². The summed E-state index contributed by atoms with van der Waals surface area (Å²) in [7, 11) is 1.39. The first-order valence-corrected chi connectivity index (χ1v) is 3.73. The van der Waals surface area contributed by atoms with Gasteiger partial charge in [-0.1, -0.05) is 0 Å². The first-order valence-electron chi connectivity index (χ1n) is 3.73. The van der Waals surface area contributed by atoms with Gasteiger partial charge in [0.15, 0.2) is 0 Å². The maximum atomic E-state index is 11.1. The Labute approximate surface area is 71.4 Å². The second kappa shape index (κ2) is 3.85. The number of rotatable bonds is 2. The lowest BCUT2D eigenvalue weighted by Crippen LogP contribution is -2.10. The standard InChI is InChI=1S/C9H11NO2/c1-7(9(11)12-2)8-3-5-10-6-4-8/h3-7H,1-2H3/t7-/m0/s1. The summed E-state index contributed by atoms with van der Waals surface area (Å²) in [5, 5.41) is 0. The molecule has 1 heterocycles. The number of aromatic nitrogens is 1. The Morgan fingerprint density at radius 3 is 2.58 bits per heavy atom. The van der Waals surface area contributed by atoms with Gasteiger partial charge in [-0.15, -0.1) is 0 Å². The van der Waals surface area contributed by atoms with Crippen LogP contribution < -0.4 is 0 Å². The minimum Gasteiger partial charge on any atom is -0.469 e. The van der Waals surface area contributed by atoms with E-state index in [-0.39, 0.29) is 11.9 Å². The van der Waals surface area contributed by atoms with Gasteiger partial charge in [-0.3, -0.25) is 9.78 Å². The van der Waals surface area contributed by atoms with Crippen molar-refractivity contribution < 1.29 is 9.53 Å². The van der Waals surface area contributed by atoms with Crippen molar-refractivity contribution in [1.29, 1.82) is 0 Å². The van der Waals surface area contributed by atoms with Crippen molar-refractivity contribution in [3.63, 3.8) is 0 Å². The van der Waals surface area contributed by atoms with Gasteiger partial charge in [0.25, 0.3) is 0 Å². The van der Waals surface area contributed by atoms with Crippen LogP contribution in [-0.4, -0.2) is 18.1 Å². The lowest BCUT2D eigenvalue weighted by Gasteiger charge is -2.07. The molecule has 0 spiro atoms. The number of carbonyl (C=O) groups is 1. The van der Waals surface area contributed by atoms with Gasteiger partial charge in [0.05, 0.1) is 13.0 Å². The van der Waals surface area contributed by atoms with Crippen LogP contribution in [0.4, 0.5) is 0 Å². The Balaban J connectivity index is 2.78. The summed E-state index contributed by atoms with van der Waals surface area (Å²) in [5.41, 5.74) is 0.928. The minimum atomic E-state index is -0.221. The zero-order valence-electron chi connectivity index (χ0n) is 7.15. The quantitative estimate of drug-likeness (QED) is 0.621. The summed E-state index contributed by atoms with van der Waals surface area (Å²) >= 11 is 0. The van der Waals surface area contributed by atoms with Crippen LogP contribution in [0.1, 0.15) is 18.4 Å². The Morgan fingerprint density at radius 2 is 2.08 bits per heavy atom. The minimum absolute atomic E-state index is 0.210. The van der Waals surface area contributed by atoms with Gasteiger partial charge >= 0.3 is 5.97 Å². The second-order valence-corrected chi connectivity index (χ2v) is 2.53. The number of nitrogens with zero attached hydrogens (tertiary/aromatic N) is 1. The van der Waals surface area contributed by atoms with E-state index >= 15 is 0 Å². The van der Waals surface area contributed by atoms with Crippen LogP contribution in [0.3, 0.4) is 0 Å². The molecule has 0 aliphatic rings. The molecule has 1 rings (SSSR count). The van der Waals surface area contributed by atoms with Crippen molar-refractivity contribution >= 4 is 5.97 Å². The van der Waals surface area contributed by atoms with Crippen molar-refractivity contribution in [1.82, 2.24) is 4.98 Å². The Bertz CT molecular complexity index is 258. The highest BCUT2D eigenvalue weighted by atomic mass is 16.5. The zero-order chi connectivity index (χ0) is 8.97. The maximum Gasteiger partial charge on any atom is 0.312 e. The van der Waals surface area contributed by atoms with Crippen LogP contribution >= 0.6 is 0 Å². The Morgan fingerprint density at radius 1 is 1.50 bits per heavy atom. The third-order valence-corrected chi connectivity index (χ3v) is 1.76. The lowest BCUT2D eigenvalue weighted by atomic mass is 10.0. The number of pyridine rings is 1. The molecule has 0 radical (unpaired) electrons. The summed E-state index contributed by atoms with van der Waals surface area (Å²) in [5.74, 6) is -0.431. The van der Waals surface area contributed by atoms with Gasteiger partial charge in [0.1, 0.15) is 0 Å². The third-order valence-electron chi connectivity index (χ3n) is 1.76. The molecule has 0 unspecified atom stereocenters. The molecule has 0 amide bonds. The van der Waals surface area contributed by atoms with Crippen LogP contribution in [0.5, 0.6) is 0 Å². The Kier molecular flexibility index (Phi) is 2.80. The zero-order valence-corrected chi connectivity index (χ0v) is 7.15. The van der Waals surface area contributed by atoms with Gasteiger partial charge in [-0.25, -0.2) is 0 Å². The highest BCUT2D eigenvalue weighted by Crippen LogP contribution is 2.14. The number of carbonyl (C=O) groups excluding carboxylic acids is 1. The molecule has 0 fully saturated rings. The molecule has 12 heavy (non-hydrogen) atoms. The van der Waals surface area contributed by atoms with Crippen LogP contribution in [0.25, 0.3) is 0 Å². The van der Waals surface area contributed by atoms with Crippen LogP contribution in [0.2, 0.25) is 0 Å². The molecule has 3 heteroatoms. The molecule has 1 aromatic heterocycles. The van der Waals surface area contributed by atoms with Gasteiger partial charge in [-0.05, 0) is 24.6 Å². The van der Waals surface area contributed by atoms with Crippen LogP contribution in [0.15, 0.2) is 24.5 Å². The summed E-state index contributed by atoms with van der Waals surface area (Å²) in [4.78, 5) is 14.9. The van der Waals surface area contributed by atoms with Gasteiger partial charge < -0.3 is 4.74 Å². The predicted octanol–water partition coefficient (Wildman–Crippen LogP) is 1.36. The third kappa shape index (κ3) is 1.81. The van der Waals surface area contributed by atoms with E-state index in [2.05, 4.69) is 9.72 Å². The molecule has 0 saturated carbocycles. The van der Waals surface area contributed by atoms with Gasteiger partial charge in [0.2, 0.25) is 0 Å². The van der Waals surface area contributed by atoms with E-state index in [4.69, 9.17) is 0 Å². The normalized spacial score (nSPS) is 12.2. The number of hydrogen-bond acceptors (Lipinski definition) is 3. The molecular weight excluding hydrogens is 154 g/mol. The molecule has 0 aliphatic heterocycles. The molecule has 0 aromatic carbocycles. The SMILES string of the molecule is COC(=O)[C@@H](C)c1ccncc1. The number of hydrogen-bond donors (Lipinski definition) is 0. The second-order valence-electron chi connectivity index (χ2n) is 2.53. The first-order chi connectivity index (χ1) is 5.75. The fourth-order valence-electron chi connectivity index (χ4n) is 0.965. The van der Waals surface area contributed by atoms with E-state index in [9.17, 15) is 4.79 Å². The lowest BCUT2D eigenvalue weighted by molar-refractivity contribution is -0.141. The van der Waals surface area contributed by atoms with E-state index in [0.717, 1.165) is 5.56 Å². The van der Waals surface area contributed by atoms with E-state index in [1.807, 2.05) is 12.1 Å². The molecule has 64 valence electrons. The number of esters is 1. The average molecular weight is 165 g/mol. The van der Waals surface area contributed by atoms with Crippen molar-refractivity contribution in [3.05, 3.63) is 30.1 Å².